The van der Waals surface area contributed by atoms with Gasteiger partial charge >= 0.3 is 5.97 Å². The van der Waals surface area contributed by atoms with Crippen LogP contribution in [-0.4, -0.2) is 23.5 Å². The molecule has 0 radical (unpaired) electrons. The maximum Gasteiger partial charge on any atom is 0.344 e. The summed E-state index contributed by atoms with van der Waals surface area (Å²) in [6.07, 6.45) is 1.39. The summed E-state index contributed by atoms with van der Waals surface area (Å²) in [7, 11) is 0. The maximum absolute atomic E-state index is 11.7. The number of hydrogen-bond acceptors (Lipinski definition) is 4. The Balaban J connectivity index is 1.94. The quantitative estimate of drug-likeness (QED) is 0.845. The third-order valence-electron chi connectivity index (χ3n) is 2.77. The monoisotopic (exact) mass is 320 g/mol. The Morgan fingerprint density at radius 1 is 1.32 bits per heavy atom. The number of esters is 1. The number of benzene rings is 1. The van der Waals surface area contributed by atoms with Crippen molar-refractivity contribution in [2.24, 2.45) is 0 Å². The van der Waals surface area contributed by atoms with Gasteiger partial charge in [0.15, 0.2) is 6.61 Å². The van der Waals surface area contributed by atoms with Crippen LogP contribution in [0.4, 0.5) is 5.69 Å². The fourth-order valence-corrected chi connectivity index (χ4v) is 1.98. The largest absolute Gasteiger partial charge is 0.452 e. The minimum Gasteiger partial charge on any atom is -0.452 e. The number of aromatic nitrogens is 1. The Hall–Kier alpha value is -2.60. The maximum atomic E-state index is 11.7. The molecule has 1 aromatic carbocycles. The first-order chi connectivity index (χ1) is 10.5. The van der Waals surface area contributed by atoms with Gasteiger partial charge in [0, 0.05) is 6.20 Å². The molecule has 2 N–H and O–H groups in total. The lowest BCUT2D eigenvalue weighted by Gasteiger charge is -2.08. The van der Waals surface area contributed by atoms with Gasteiger partial charge in [-0.2, -0.15) is 0 Å². The molecule has 0 fully saturated rings. The Morgan fingerprint density at radius 3 is 2.77 bits per heavy atom. The third kappa shape index (κ3) is 3.95. The van der Waals surface area contributed by atoms with Crippen molar-refractivity contribution in [1.29, 1.82) is 0 Å². The summed E-state index contributed by atoms with van der Waals surface area (Å²) in [5, 5.41) is 2.91. The van der Waals surface area contributed by atoms with Crippen LogP contribution in [0.1, 0.15) is 15.9 Å². The standard InChI is InChI=1S/C15H13ClN2O4/c1-9-4-5-12(11(16)7-9)18-13(19)8-22-15(21)10-3-2-6-17-14(10)20/h2-7H,8H2,1H3,(H,17,20)(H,18,19). The van der Waals surface area contributed by atoms with Gasteiger partial charge in [0.05, 0.1) is 10.7 Å². The van der Waals surface area contributed by atoms with Crippen molar-refractivity contribution in [3.05, 3.63) is 63.0 Å². The zero-order valence-corrected chi connectivity index (χ0v) is 12.4. The second kappa shape index (κ2) is 6.91. The van der Waals surface area contributed by atoms with E-state index in [4.69, 9.17) is 16.3 Å². The third-order valence-corrected chi connectivity index (χ3v) is 3.08. The summed E-state index contributed by atoms with van der Waals surface area (Å²) in [4.78, 5) is 37.2. The highest BCUT2D eigenvalue weighted by atomic mass is 35.5. The van der Waals surface area contributed by atoms with Crippen LogP contribution < -0.4 is 10.9 Å². The molecule has 2 rings (SSSR count). The van der Waals surface area contributed by atoms with E-state index in [9.17, 15) is 14.4 Å². The summed E-state index contributed by atoms with van der Waals surface area (Å²) in [5.41, 5.74) is 0.641. The van der Waals surface area contributed by atoms with Crippen LogP contribution in [0.3, 0.4) is 0 Å². The molecule has 0 aliphatic carbocycles. The molecule has 1 heterocycles. The van der Waals surface area contributed by atoms with E-state index in [1.54, 1.807) is 18.2 Å². The first-order valence-electron chi connectivity index (χ1n) is 6.38. The van der Waals surface area contributed by atoms with Gasteiger partial charge in [-0.25, -0.2) is 4.79 Å². The lowest BCUT2D eigenvalue weighted by molar-refractivity contribution is -0.119. The molecule has 1 aromatic heterocycles. The molecule has 1 amide bonds. The number of hydrogen-bond donors (Lipinski definition) is 2. The molecule has 0 saturated carbocycles. The van der Waals surface area contributed by atoms with E-state index < -0.39 is 24.0 Å². The second-order valence-electron chi connectivity index (χ2n) is 4.52. The number of ether oxygens (including phenoxy) is 1. The van der Waals surface area contributed by atoms with Gasteiger partial charge in [0.25, 0.3) is 11.5 Å². The van der Waals surface area contributed by atoms with E-state index >= 15 is 0 Å². The van der Waals surface area contributed by atoms with E-state index in [1.807, 2.05) is 6.92 Å². The fourth-order valence-electron chi connectivity index (χ4n) is 1.70. The number of carbonyl (C=O) groups is 2. The number of halogens is 1. The van der Waals surface area contributed by atoms with E-state index in [0.717, 1.165) is 5.56 Å². The number of H-pyrrole nitrogens is 1. The first kappa shape index (κ1) is 15.8. The lowest BCUT2D eigenvalue weighted by Crippen LogP contribution is -2.24. The van der Waals surface area contributed by atoms with Crippen LogP contribution in [0.25, 0.3) is 0 Å². The zero-order valence-electron chi connectivity index (χ0n) is 11.7. The molecule has 0 unspecified atom stereocenters. The zero-order chi connectivity index (χ0) is 16.1. The molecule has 0 aliphatic rings. The van der Waals surface area contributed by atoms with Gasteiger partial charge in [-0.1, -0.05) is 17.7 Å². The number of anilines is 1. The molecule has 0 saturated heterocycles. The number of pyridine rings is 1. The Morgan fingerprint density at radius 2 is 2.09 bits per heavy atom. The highest BCUT2D eigenvalue weighted by Gasteiger charge is 2.14. The van der Waals surface area contributed by atoms with Crippen LogP contribution in [-0.2, 0) is 9.53 Å². The van der Waals surface area contributed by atoms with Gasteiger partial charge < -0.3 is 15.0 Å². The summed E-state index contributed by atoms with van der Waals surface area (Å²) in [6, 6.07) is 7.95. The van der Waals surface area contributed by atoms with Crippen molar-refractivity contribution in [3.8, 4) is 0 Å². The molecule has 114 valence electrons. The van der Waals surface area contributed by atoms with Crippen LogP contribution in [0.15, 0.2) is 41.3 Å². The summed E-state index contributed by atoms with van der Waals surface area (Å²) in [6.45, 7) is 1.36. The molecule has 22 heavy (non-hydrogen) atoms. The first-order valence-corrected chi connectivity index (χ1v) is 6.76. The summed E-state index contributed by atoms with van der Waals surface area (Å²) in [5.74, 6) is -1.42. The average molecular weight is 321 g/mol. The molecule has 7 heteroatoms. The number of carbonyl (C=O) groups excluding carboxylic acids is 2. The molecular formula is C15H13ClN2O4. The van der Waals surface area contributed by atoms with Crippen molar-refractivity contribution < 1.29 is 14.3 Å². The molecule has 0 aliphatic heterocycles. The normalized spacial score (nSPS) is 10.1. The highest BCUT2D eigenvalue weighted by Crippen LogP contribution is 2.22. The average Bonchev–Trinajstić information content (AvgIpc) is 2.48. The van der Waals surface area contributed by atoms with Gasteiger partial charge in [-0.05, 0) is 36.8 Å². The number of amides is 1. The predicted octanol–water partition coefficient (Wildman–Crippen LogP) is 2.13. The molecular weight excluding hydrogens is 308 g/mol. The minimum absolute atomic E-state index is 0.163. The van der Waals surface area contributed by atoms with Gasteiger partial charge in [0.1, 0.15) is 5.56 Å². The van der Waals surface area contributed by atoms with Crippen molar-refractivity contribution in [1.82, 2.24) is 4.98 Å². The molecule has 6 nitrogen and oxygen atoms in total. The van der Waals surface area contributed by atoms with E-state index in [0.29, 0.717) is 10.7 Å². The number of rotatable bonds is 4. The summed E-state index contributed by atoms with van der Waals surface area (Å²) < 4.78 is 4.79. The molecule has 2 aromatic rings. The van der Waals surface area contributed by atoms with E-state index in [-0.39, 0.29) is 5.56 Å². The Labute approximate surface area is 131 Å². The molecule has 0 atom stereocenters. The predicted molar refractivity (Wildman–Crippen MR) is 82.2 cm³/mol. The van der Waals surface area contributed by atoms with Crippen LogP contribution >= 0.6 is 11.6 Å². The van der Waals surface area contributed by atoms with E-state index in [2.05, 4.69) is 10.3 Å². The van der Waals surface area contributed by atoms with Crippen LogP contribution in [0, 0.1) is 6.92 Å². The van der Waals surface area contributed by atoms with Crippen LogP contribution in [0.2, 0.25) is 5.02 Å². The lowest BCUT2D eigenvalue weighted by atomic mass is 10.2. The highest BCUT2D eigenvalue weighted by molar-refractivity contribution is 6.33. The molecule has 0 spiro atoms. The number of aromatic amines is 1. The van der Waals surface area contributed by atoms with Crippen molar-refractivity contribution in [2.75, 3.05) is 11.9 Å². The van der Waals surface area contributed by atoms with Gasteiger partial charge in [-0.3, -0.25) is 9.59 Å². The van der Waals surface area contributed by atoms with E-state index in [1.165, 1.54) is 18.3 Å². The van der Waals surface area contributed by atoms with Crippen molar-refractivity contribution >= 4 is 29.2 Å². The Kier molecular flexibility index (Phi) is 4.95. The smallest absolute Gasteiger partial charge is 0.344 e. The van der Waals surface area contributed by atoms with Crippen molar-refractivity contribution in [2.45, 2.75) is 6.92 Å². The Bertz CT molecular complexity index is 770. The van der Waals surface area contributed by atoms with Crippen LogP contribution in [0.5, 0.6) is 0 Å². The van der Waals surface area contributed by atoms with Gasteiger partial charge in [-0.15, -0.1) is 0 Å². The van der Waals surface area contributed by atoms with Gasteiger partial charge in [0.2, 0.25) is 0 Å². The minimum atomic E-state index is -0.869. The summed E-state index contributed by atoms with van der Waals surface area (Å²) >= 11 is 5.99. The topological polar surface area (TPSA) is 88.3 Å². The number of nitrogens with one attached hydrogen (secondary N) is 2. The fraction of sp³-hybridized carbons (Fsp3) is 0.133. The molecule has 0 bridgehead atoms. The van der Waals surface area contributed by atoms with Crippen molar-refractivity contribution in [3.63, 3.8) is 0 Å². The SMILES string of the molecule is Cc1ccc(NC(=O)COC(=O)c2ccc[nH]c2=O)c(Cl)c1. The second-order valence-corrected chi connectivity index (χ2v) is 4.93. The number of aryl methyl sites for hydroxylation is 1.